The number of hydrogen-bond acceptors (Lipinski definition) is 1. The van der Waals surface area contributed by atoms with E-state index < -0.39 is 0 Å². The van der Waals surface area contributed by atoms with E-state index in [9.17, 15) is 0 Å². The minimum Gasteiger partial charge on any atom is -0.346 e. The van der Waals surface area contributed by atoms with Crippen LogP contribution in [-0.4, -0.2) is 9.97 Å². The van der Waals surface area contributed by atoms with Crippen LogP contribution < -0.4 is 0 Å². The van der Waals surface area contributed by atoms with Crippen molar-refractivity contribution in [3.05, 3.63) is 17.2 Å². The van der Waals surface area contributed by atoms with E-state index in [1.807, 2.05) is 13.8 Å². The maximum Gasteiger partial charge on any atom is 0.103 e. The molecule has 0 aliphatic carbocycles. The number of H-pyrrole nitrogens is 1. The standard InChI is InChI=1S/C6H9ClN2/c1-4-6(3-7)9-5(2)8-4/h3H2,1-2H3,(H,8,9). The molecule has 0 aliphatic heterocycles. The van der Waals surface area contributed by atoms with Crippen molar-refractivity contribution < 1.29 is 0 Å². The predicted molar refractivity (Wildman–Crippen MR) is 37.6 cm³/mol. The van der Waals surface area contributed by atoms with Gasteiger partial charge in [-0.2, -0.15) is 0 Å². The third-order valence-electron chi connectivity index (χ3n) is 1.23. The van der Waals surface area contributed by atoms with Crippen molar-refractivity contribution in [2.24, 2.45) is 0 Å². The maximum absolute atomic E-state index is 5.56. The van der Waals surface area contributed by atoms with Crippen molar-refractivity contribution in [3.8, 4) is 0 Å². The van der Waals surface area contributed by atoms with Crippen LogP contribution in [0.25, 0.3) is 0 Å². The number of hydrogen-bond donors (Lipinski definition) is 1. The Morgan fingerprint density at radius 3 is 2.44 bits per heavy atom. The number of aromatic amines is 1. The van der Waals surface area contributed by atoms with Crippen LogP contribution in [0.5, 0.6) is 0 Å². The van der Waals surface area contributed by atoms with Gasteiger partial charge < -0.3 is 4.98 Å². The monoisotopic (exact) mass is 144 g/mol. The molecule has 0 bridgehead atoms. The number of imidazole rings is 1. The van der Waals surface area contributed by atoms with Gasteiger partial charge >= 0.3 is 0 Å². The number of halogens is 1. The number of aromatic nitrogens is 2. The zero-order valence-electron chi connectivity index (χ0n) is 5.53. The van der Waals surface area contributed by atoms with Gasteiger partial charge in [-0.1, -0.05) is 0 Å². The van der Waals surface area contributed by atoms with E-state index in [4.69, 9.17) is 11.6 Å². The second-order valence-corrected chi connectivity index (χ2v) is 2.29. The number of nitrogens with zero attached hydrogens (tertiary/aromatic N) is 1. The average Bonchev–Trinajstić information content (AvgIpc) is 2.10. The first-order valence-electron chi connectivity index (χ1n) is 2.82. The van der Waals surface area contributed by atoms with Crippen molar-refractivity contribution in [2.45, 2.75) is 19.7 Å². The van der Waals surface area contributed by atoms with Gasteiger partial charge in [-0.25, -0.2) is 4.98 Å². The Labute approximate surface area is 59.3 Å². The fourth-order valence-corrected chi connectivity index (χ4v) is 1.05. The lowest BCUT2D eigenvalue weighted by molar-refractivity contribution is 1.12. The highest BCUT2D eigenvalue weighted by Crippen LogP contribution is 2.05. The van der Waals surface area contributed by atoms with Crippen LogP contribution >= 0.6 is 11.6 Å². The third-order valence-corrected chi connectivity index (χ3v) is 1.48. The smallest absolute Gasteiger partial charge is 0.103 e. The van der Waals surface area contributed by atoms with Gasteiger partial charge in [0.05, 0.1) is 11.6 Å². The molecule has 0 radical (unpaired) electrons. The summed E-state index contributed by atoms with van der Waals surface area (Å²) in [4.78, 5) is 7.20. The van der Waals surface area contributed by atoms with E-state index in [0.717, 1.165) is 17.2 Å². The number of alkyl halides is 1. The second kappa shape index (κ2) is 2.40. The lowest BCUT2D eigenvalue weighted by Gasteiger charge is -1.84. The highest BCUT2D eigenvalue weighted by atomic mass is 35.5. The van der Waals surface area contributed by atoms with Crippen molar-refractivity contribution in [1.82, 2.24) is 9.97 Å². The molecule has 0 atom stereocenters. The molecule has 0 amide bonds. The van der Waals surface area contributed by atoms with Crippen LogP contribution in [0.1, 0.15) is 17.2 Å². The maximum atomic E-state index is 5.56. The van der Waals surface area contributed by atoms with Crippen LogP contribution in [0.4, 0.5) is 0 Å². The minimum absolute atomic E-state index is 0.496. The lowest BCUT2D eigenvalue weighted by atomic mass is 10.4. The third kappa shape index (κ3) is 1.24. The Balaban J connectivity index is 3.01. The first kappa shape index (κ1) is 6.62. The zero-order valence-corrected chi connectivity index (χ0v) is 6.29. The van der Waals surface area contributed by atoms with Crippen LogP contribution in [0.15, 0.2) is 0 Å². The van der Waals surface area contributed by atoms with E-state index in [-0.39, 0.29) is 0 Å². The molecular weight excluding hydrogens is 136 g/mol. The quantitative estimate of drug-likeness (QED) is 0.598. The molecule has 3 heteroatoms. The van der Waals surface area contributed by atoms with E-state index in [0.29, 0.717) is 5.88 Å². The van der Waals surface area contributed by atoms with Crippen molar-refractivity contribution in [3.63, 3.8) is 0 Å². The van der Waals surface area contributed by atoms with Crippen LogP contribution in [0, 0.1) is 13.8 Å². The second-order valence-electron chi connectivity index (χ2n) is 2.03. The summed E-state index contributed by atoms with van der Waals surface area (Å²) < 4.78 is 0. The first-order valence-corrected chi connectivity index (χ1v) is 3.35. The SMILES string of the molecule is Cc1nc(CCl)c(C)[nH]1. The molecule has 0 aliphatic rings. The number of aryl methyl sites for hydroxylation is 2. The summed E-state index contributed by atoms with van der Waals surface area (Å²) in [5, 5.41) is 0. The largest absolute Gasteiger partial charge is 0.346 e. The van der Waals surface area contributed by atoms with Crippen molar-refractivity contribution in [2.75, 3.05) is 0 Å². The zero-order chi connectivity index (χ0) is 6.85. The molecule has 0 fully saturated rings. The first-order chi connectivity index (χ1) is 4.24. The molecule has 1 N–H and O–H groups in total. The molecule has 1 aromatic heterocycles. The highest BCUT2D eigenvalue weighted by Gasteiger charge is 1.99. The molecule has 1 aromatic rings. The molecule has 0 saturated heterocycles. The molecule has 50 valence electrons. The van der Waals surface area contributed by atoms with Gasteiger partial charge in [0.2, 0.25) is 0 Å². The molecule has 2 nitrogen and oxygen atoms in total. The van der Waals surface area contributed by atoms with Gasteiger partial charge in [0.1, 0.15) is 5.82 Å². The van der Waals surface area contributed by atoms with Crippen molar-refractivity contribution in [1.29, 1.82) is 0 Å². The van der Waals surface area contributed by atoms with Gasteiger partial charge in [-0.05, 0) is 13.8 Å². The predicted octanol–water partition coefficient (Wildman–Crippen LogP) is 1.77. The Hall–Kier alpha value is -0.500. The molecule has 1 rings (SSSR count). The van der Waals surface area contributed by atoms with Gasteiger partial charge in [-0.3, -0.25) is 0 Å². The molecule has 0 spiro atoms. The summed E-state index contributed by atoms with van der Waals surface area (Å²) in [6.07, 6.45) is 0. The molecule has 1 heterocycles. The Kier molecular flexibility index (Phi) is 1.76. The highest BCUT2D eigenvalue weighted by molar-refractivity contribution is 6.16. The van der Waals surface area contributed by atoms with E-state index in [1.54, 1.807) is 0 Å². The lowest BCUT2D eigenvalue weighted by Crippen LogP contribution is -1.79. The topological polar surface area (TPSA) is 28.7 Å². The van der Waals surface area contributed by atoms with Crippen LogP contribution in [0.3, 0.4) is 0 Å². The number of rotatable bonds is 1. The van der Waals surface area contributed by atoms with Crippen LogP contribution in [0.2, 0.25) is 0 Å². The van der Waals surface area contributed by atoms with Gasteiger partial charge in [0.15, 0.2) is 0 Å². The average molecular weight is 145 g/mol. The summed E-state index contributed by atoms with van der Waals surface area (Å²) in [6, 6.07) is 0. The fraction of sp³-hybridized carbons (Fsp3) is 0.500. The van der Waals surface area contributed by atoms with E-state index >= 15 is 0 Å². The fourth-order valence-electron chi connectivity index (χ4n) is 0.788. The van der Waals surface area contributed by atoms with Gasteiger partial charge in [-0.15, -0.1) is 11.6 Å². The van der Waals surface area contributed by atoms with E-state index in [1.165, 1.54) is 0 Å². The van der Waals surface area contributed by atoms with Crippen LogP contribution in [-0.2, 0) is 5.88 Å². The molecule has 9 heavy (non-hydrogen) atoms. The molecular formula is C6H9ClN2. The Morgan fingerprint density at radius 1 is 1.56 bits per heavy atom. The summed E-state index contributed by atoms with van der Waals surface area (Å²) in [7, 11) is 0. The summed E-state index contributed by atoms with van der Waals surface area (Å²) in [6.45, 7) is 3.89. The molecule has 0 unspecified atom stereocenters. The van der Waals surface area contributed by atoms with Gasteiger partial charge in [0.25, 0.3) is 0 Å². The summed E-state index contributed by atoms with van der Waals surface area (Å²) in [5.41, 5.74) is 2.02. The Morgan fingerprint density at radius 2 is 2.22 bits per heavy atom. The van der Waals surface area contributed by atoms with Gasteiger partial charge in [0, 0.05) is 5.69 Å². The summed E-state index contributed by atoms with van der Waals surface area (Å²) in [5.74, 6) is 1.43. The molecule has 0 saturated carbocycles. The summed E-state index contributed by atoms with van der Waals surface area (Å²) >= 11 is 5.56. The number of nitrogens with one attached hydrogen (secondary N) is 1. The Bertz CT molecular complexity index is 205. The minimum atomic E-state index is 0.496. The van der Waals surface area contributed by atoms with E-state index in [2.05, 4.69) is 9.97 Å². The normalized spacial score (nSPS) is 10.1. The molecule has 0 aromatic carbocycles. The van der Waals surface area contributed by atoms with Crippen molar-refractivity contribution >= 4 is 11.6 Å².